The first-order chi connectivity index (χ1) is 17.1. The molecule has 1 aliphatic heterocycles. The highest BCUT2D eigenvalue weighted by molar-refractivity contribution is 6.08. The number of amides is 2. The van der Waals surface area contributed by atoms with Crippen LogP contribution in [0.15, 0.2) is 66.7 Å². The smallest absolute Gasteiger partial charge is 0.273 e. The van der Waals surface area contributed by atoms with Crippen molar-refractivity contribution in [3.8, 4) is 34.3 Å². The second-order valence-electron chi connectivity index (χ2n) is 7.59. The number of rotatable bonds is 5. The van der Waals surface area contributed by atoms with Crippen molar-refractivity contribution in [2.45, 2.75) is 0 Å². The van der Waals surface area contributed by atoms with Crippen molar-refractivity contribution in [3.63, 3.8) is 0 Å². The summed E-state index contributed by atoms with van der Waals surface area (Å²) in [7, 11) is 3.11. The van der Waals surface area contributed by atoms with Crippen LogP contribution >= 0.6 is 0 Å². The lowest BCUT2D eigenvalue weighted by atomic mass is 10.0. The van der Waals surface area contributed by atoms with Crippen molar-refractivity contribution in [2.24, 2.45) is 0 Å². The normalized spacial score (nSPS) is 11.7. The number of carbonyl (C=O) groups excluding carboxylic acids is 2. The van der Waals surface area contributed by atoms with Crippen molar-refractivity contribution in [1.82, 2.24) is 15.8 Å². The van der Waals surface area contributed by atoms with Gasteiger partial charge in [0, 0.05) is 10.9 Å². The van der Waals surface area contributed by atoms with Gasteiger partial charge in [-0.3, -0.25) is 20.4 Å². The monoisotopic (exact) mass is 471 g/mol. The number of nitrogens with one attached hydrogen (secondary N) is 2. The quantitative estimate of drug-likeness (QED) is 0.427. The number of hydrogen-bond acceptors (Lipinski definition) is 7. The Hall–Kier alpha value is -4.79. The molecule has 4 aromatic rings. The van der Waals surface area contributed by atoms with E-state index >= 15 is 0 Å². The van der Waals surface area contributed by atoms with E-state index in [0.29, 0.717) is 45.2 Å². The Labute approximate surface area is 200 Å². The number of pyridine rings is 1. The van der Waals surface area contributed by atoms with Crippen LogP contribution in [0.5, 0.6) is 23.0 Å². The highest BCUT2D eigenvalue weighted by atomic mass is 16.7. The molecule has 5 rings (SSSR count). The lowest BCUT2D eigenvalue weighted by Crippen LogP contribution is -2.41. The molecule has 2 heterocycles. The van der Waals surface area contributed by atoms with Crippen LogP contribution in [0, 0.1) is 0 Å². The van der Waals surface area contributed by atoms with Crippen molar-refractivity contribution in [2.75, 3.05) is 21.0 Å². The van der Waals surface area contributed by atoms with E-state index in [0.717, 1.165) is 5.56 Å². The van der Waals surface area contributed by atoms with Crippen molar-refractivity contribution in [1.29, 1.82) is 0 Å². The molecular formula is C26H21N3O6. The zero-order valence-electron chi connectivity index (χ0n) is 19.0. The molecule has 0 atom stereocenters. The summed E-state index contributed by atoms with van der Waals surface area (Å²) >= 11 is 0. The molecule has 2 N–H and O–H groups in total. The molecule has 2 amide bonds. The number of aromatic nitrogens is 1. The van der Waals surface area contributed by atoms with E-state index in [4.69, 9.17) is 23.9 Å². The Morgan fingerprint density at radius 1 is 0.829 bits per heavy atom. The van der Waals surface area contributed by atoms with Crippen LogP contribution in [0.2, 0.25) is 0 Å². The van der Waals surface area contributed by atoms with Gasteiger partial charge in [-0.15, -0.1) is 0 Å². The average Bonchev–Trinajstić information content (AvgIpc) is 3.39. The second-order valence-corrected chi connectivity index (χ2v) is 7.59. The number of carbonyl (C=O) groups is 2. The molecular weight excluding hydrogens is 450 g/mol. The molecule has 9 heteroatoms. The number of methoxy groups -OCH3 is 2. The fourth-order valence-corrected chi connectivity index (χ4v) is 3.86. The fraction of sp³-hybridized carbons (Fsp3) is 0.115. The molecule has 0 radical (unpaired) electrons. The maximum atomic E-state index is 13.2. The highest BCUT2D eigenvalue weighted by Crippen LogP contribution is 2.35. The first-order valence-corrected chi connectivity index (χ1v) is 10.7. The SMILES string of the molecule is COc1ccc(-c2cc(C(=O)NNC(=O)c3cccc4c3OCO4)c3ccccc3n2)cc1OC. The summed E-state index contributed by atoms with van der Waals surface area (Å²) in [4.78, 5) is 30.6. The number of fused-ring (bicyclic) bond motifs is 2. The maximum absolute atomic E-state index is 13.2. The molecule has 0 fully saturated rings. The molecule has 0 saturated carbocycles. The topological polar surface area (TPSA) is 108 Å². The van der Waals surface area contributed by atoms with Crippen LogP contribution in [-0.2, 0) is 0 Å². The predicted octanol–water partition coefficient (Wildman–Crippen LogP) is 3.72. The van der Waals surface area contributed by atoms with E-state index in [1.807, 2.05) is 24.3 Å². The van der Waals surface area contributed by atoms with E-state index in [-0.39, 0.29) is 12.4 Å². The van der Waals surface area contributed by atoms with Gasteiger partial charge in [-0.25, -0.2) is 4.98 Å². The predicted molar refractivity (Wildman–Crippen MR) is 128 cm³/mol. The van der Waals surface area contributed by atoms with Crippen LogP contribution in [0.1, 0.15) is 20.7 Å². The molecule has 176 valence electrons. The van der Waals surface area contributed by atoms with E-state index < -0.39 is 11.8 Å². The molecule has 0 saturated heterocycles. The van der Waals surface area contributed by atoms with Gasteiger partial charge < -0.3 is 18.9 Å². The molecule has 0 aliphatic carbocycles. The van der Waals surface area contributed by atoms with E-state index in [1.165, 1.54) is 0 Å². The Balaban J connectivity index is 1.45. The number of benzene rings is 3. The highest BCUT2D eigenvalue weighted by Gasteiger charge is 2.22. The molecule has 9 nitrogen and oxygen atoms in total. The Morgan fingerprint density at radius 2 is 1.60 bits per heavy atom. The van der Waals surface area contributed by atoms with Gasteiger partial charge in [-0.1, -0.05) is 24.3 Å². The third kappa shape index (κ3) is 4.15. The third-order valence-electron chi connectivity index (χ3n) is 5.57. The molecule has 1 aliphatic rings. The summed E-state index contributed by atoms with van der Waals surface area (Å²) in [6.45, 7) is 0.0356. The lowest BCUT2D eigenvalue weighted by Gasteiger charge is -2.13. The van der Waals surface area contributed by atoms with Crippen LogP contribution in [0.25, 0.3) is 22.2 Å². The molecule has 3 aromatic carbocycles. The minimum absolute atomic E-state index is 0.0356. The van der Waals surface area contributed by atoms with Gasteiger partial charge in [0.05, 0.1) is 36.6 Å². The Morgan fingerprint density at radius 3 is 2.40 bits per heavy atom. The van der Waals surface area contributed by atoms with Gasteiger partial charge in [0.25, 0.3) is 11.8 Å². The van der Waals surface area contributed by atoms with E-state index in [2.05, 4.69) is 10.9 Å². The Bertz CT molecular complexity index is 1450. The number of hydrogen-bond donors (Lipinski definition) is 2. The summed E-state index contributed by atoms with van der Waals surface area (Å²) in [6, 6.07) is 19.3. The molecule has 0 spiro atoms. The zero-order valence-corrected chi connectivity index (χ0v) is 19.0. The van der Waals surface area contributed by atoms with Crippen LogP contribution < -0.4 is 29.8 Å². The Kier molecular flexibility index (Phi) is 5.80. The lowest BCUT2D eigenvalue weighted by molar-refractivity contribution is 0.0845. The van der Waals surface area contributed by atoms with Crippen molar-refractivity contribution in [3.05, 3.63) is 77.9 Å². The molecule has 0 bridgehead atoms. The van der Waals surface area contributed by atoms with Crippen LogP contribution in [-0.4, -0.2) is 37.8 Å². The van der Waals surface area contributed by atoms with Gasteiger partial charge in [0.1, 0.15) is 0 Å². The van der Waals surface area contributed by atoms with E-state index in [9.17, 15) is 9.59 Å². The number of nitrogens with zero attached hydrogens (tertiary/aromatic N) is 1. The zero-order chi connectivity index (χ0) is 24.4. The molecule has 1 aromatic heterocycles. The first-order valence-electron chi connectivity index (χ1n) is 10.7. The minimum atomic E-state index is -0.529. The average molecular weight is 471 g/mol. The second kappa shape index (κ2) is 9.22. The first kappa shape index (κ1) is 22.0. The number of ether oxygens (including phenoxy) is 4. The van der Waals surface area contributed by atoms with Crippen LogP contribution in [0.4, 0.5) is 0 Å². The fourth-order valence-electron chi connectivity index (χ4n) is 3.86. The standard InChI is InChI=1S/C26H21N3O6/c1-32-21-11-10-15(12-23(21)33-2)20-13-18(16-6-3-4-8-19(16)27-20)26(31)29-28-25(30)17-7-5-9-22-24(17)35-14-34-22/h3-13H,14H2,1-2H3,(H,28,30)(H,29,31). The number of hydrazine groups is 1. The summed E-state index contributed by atoms with van der Waals surface area (Å²) in [5, 5.41) is 0.640. The third-order valence-corrected chi connectivity index (χ3v) is 5.57. The molecule has 0 unspecified atom stereocenters. The van der Waals surface area contributed by atoms with Gasteiger partial charge in [0.15, 0.2) is 23.0 Å². The van der Waals surface area contributed by atoms with Crippen LogP contribution in [0.3, 0.4) is 0 Å². The minimum Gasteiger partial charge on any atom is -0.493 e. The summed E-state index contributed by atoms with van der Waals surface area (Å²) in [5.74, 6) is 0.912. The van der Waals surface area contributed by atoms with Gasteiger partial charge in [0.2, 0.25) is 6.79 Å². The maximum Gasteiger partial charge on any atom is 0.273 e. The van der Waals surface area contributed by atoms with Gasteiger partial charge in [-0.2, -0.15) is 0 Å². The van der Waals surface area contributed by atoms with Gasteiger partial charge in [-0.05, 0) is 42.5 Å². The van der Waals surface area contributed by atoms with Crippen molar-refractivity contribution < 1.29 is 28.5 Å². The molecule has 35 heavy (non-hydrogen) atoms. The summed E-state index contributed by atoms with van der Waals surface area (Å²) in [5.41, 5.74) is 7.48. The van der Waals surface area contributed by atoms with E-state index in [1.54, 1.807) is 56.7 Å². The summed E-state index contributed by atoms with van der Waals surface area (Å²) in [6.07, 6.45) is 0. The van der Waals surface area contributed by atoms with Gasteiger partial charge >= 0.3 is 0 Å². The largest absolute Gasteiger partial charge is 0.493 e. The number of para-hydroxylation sites is 2. The van der Waals surface area contributed by atoms with Crippen molar-refractivity contribution >= 4 is 22.7 Å². The summed E-state index contributed by atoms with van der Waals surface area (Å²) < 4.78 is 21.4.